The maximum absolute atomic E-state index is 12.6. The number of rotatable bonds is 3. The summed E-state index contributed by atoms with van der Waals surface area (Å²) < 4.78 is 2.00. The summed E-state index contributed by atoms with van der Waals surface area (Å²) in [5.74, 6) is 1.95. The van der Waals surface area contributed by atoms with Crippen molar-refractivity contribution < 1.29 is 4.79 Å². The zero-order chi connectivity index (χ0) is 17.8. The molecule has 5 rings (SSSR count). The number of nitrogens with one attached hydrogen (secondary N) is 1. The third-order valence-corrected chi connectivity index (χ3v) is 5.85. The molecule has 0 radical (unpaired) electrons. The summed E-state index contributed by atoms with van der Waals surface area (Å²) in [5.41, 5.74) is 4.50. The van der Waals surface area contributed by atoms with E-state index in [2.05, 4.69) is 40.4 Å². The number of hydrogen-bond donors (Lipinski definition) is 1. The molecule has 1 amide bonds. The van der Waals surface area contributed by atoms with E-state index in [4.69, 9.17) is 0 Å². The van der Waals surface area contributed by atoms with E-state index in [9.17, 15) is 4.79 Å². The van der Waals surface area contributed by atoms with E-state index in [0.717, 1.165) is 29.7 Å². The van der Waals surface area contributed by atoms with Crippen LogP contribution in [0.2, 0.25) is 0 Å². The van der Waals surface area contributed by atoms with Crippen LogP contribution in [0.1, 0.15) is 5.56 Å². The van der Waals surface area contributed by atoms with Crippen LogP contribution in [0.25, 0.3) is 16.6 Å². The van der Waals surface area contributed by atoms with E-state index >= 15 is 0 Å². The first kappa shape index (κ1) is 15.5. The summed E-state index contributed by atoms with van der Waals surface area (Å²) in [6, 6.07) is 5.96. The quantitative estimate of drug-likeness (QED) is 0.790. The van der Waals surface area contributed by atoms with Crippen LogP contribution in [0.4, 0.5) is 5.82 Å². The van der Waals surface area contributed by atoms with Crippen LogP contribution < -0.4 is 5.32 Å². The van der Waals surface area contributed by atoms with Gasteiger partial charge in [-0.2, -0.15) is 0 Å². The first-order valence-electron chi connectivity index (χ1n) is 8.99. The molecule has 1 aliphatic heterocycles. The number of piperidine rings is 1. The molecule has 1 N–H and O–H groups in total. The van der Waals surface area contributed by atoms with Crippen molar-refractivity contribution in [2.24, 2.45) is 17.8 Å². The molecule has 1 unspecified atom stereocenters. The van der Waals surface area contributed by atoms with E-state index in [1.807, 2.05) is 22.6 Å². The van der Waals surface area contributed by atoms with Gasteiger partial charge in [-0.05, 0) is 49.1 Å². The minimum Gasteiger partial charge on any atom is -0.310 e. The summed E-state index contributed by atoms with van der Waals surface area (Å²) >= 11 is 0. The zero-order valence-electron chi connectivity index (χ0n) is 14.9. The molecule has 1 aliphatic carbocycles. The maximum Gasteiger partial charge on any atom is 0.229 e. The number of likely N-dealkylation sites (tertiary alicyclic amines) is 1. The highest BCUT2D eigenvalue weighted by Crippen LogP contribution is 2.51. The minimum atomic E-state index is 0.114. The number of carbonyl (C=O) groups excluding carboxylic acids is 1. The smallest absolute Gasteiger partial charge is 0.229 e. The minimum absolute atomic E-state index is 0.114. The van der Waals surface area contributed by atoms with Gasteiger partial charge in [-0.1, -0.05) is 0 Å². The largest absolute Gasteiger partial charge is 0.310 e. The molecular weight excluding hydrogens is 326 g/mol. The van der Waals surface area contributed by atoms with E-state index in [0.29, 0.717) is 17.7 Å². The fraction of sp³-hybridized carbons (Fsp3) is 0.350. The van der Waals surface area contributed by atoms with Gasteiger partial charge in [-0.25, -0.2) is 4.98 Å². The Hall–Kier alpha value is -2.73. The molecule has 0 bridgehead atoms. The highest BCUT2D eigenvalue weighted by atomic mass is 16.2. The van der Waals surface area contributed by atoms with Gasteiger partial charge in [0, 0.05) is 49.2 Å². The van der Waals surface area contributed by atoms with Crippen molar-refractivity contribution >= 4 is 17.2 Å². The van der Waals surface area contributed by atoms with Gasteiger partial charge in [0.25, 0.3) is 0 Å². The van der Waals surface area contributed by atoms with Crippen molar-refractivity contribution in [2.45, 2.75) is 6.92 Å². The lowest BCUT2D eigenvalue weighted by Gasteiger charge is -2.12. The van der Waals surface area contributed by atoms with Crippen LogP contribution in [0.3, 0.4) is 0 Å². The molecule has 26 heavy (non-hydrogen) atoms. The van der Waals surface area contributed by atoms with Gasteiger partial charge in [0.1, 0.15) is 12.1 Å². The number of pyridine rings is 1. The average Bonchev–Trinajstić information content (AvgIpc) is 2.99. The first-order chi connectivity index (χ1) is 12.6. The fourth-order valence-corrected chi connectivity index (χ4v) is 4.43. The number of nitrogens with zero attached hydrogens (tertiary/aromatic N) is 4. The topological polar surface area (TPSA) is 62.5 Å². The van der Waals surface area contributed by atoms with Gasteiger partial charge in [0.05, 0.1) is 5.52 Å². The SMILES string of the molecule is Cc1c(-c2ccncc2)cn2cnc(NC(=O)C3[C@H]4CN(C)C[C@@H]34)cc12. The Morgan fingerprint density at radius 1 is 1.23 bits per heavy atom. The average molecular weight is 347 g/mol. The van der Waals surface area contributed by atoms with Crippen molar-refractivity contribution in [3.05, 3.63) is 48.7 Å². The Morgan fingerprint density at radius 3 is 2.69 bits per heavy atom. The predicted molar refractivity (Wildman–Crippen MR) is 99.8 cm³/mol. The summed E-state index contributed by atoms with van der Waals surface area (Å²) in [5, 5.41) is 3.02. The lowest BCUT2D eigenvalue weighted by atomic mass is 10.1. The Balaban J connectivity index is 1.40. The van der Waals surface area contributed by atoms with Crippen LogP contribution in [-0.4, -0.2) is 45.3 Å². The lowest BCUT2D eigenvalue weighted by Crippen LogP contribution is -2.25. The number of carbonyl (C=O) groups is 1. The Labute approximate surface area is 151 Å². The van der Waals surface area contributed by atoms with Crippen LogP contribution in [0.5, 0.6) is 0 Å². The molecule has 3 aromatic heterocycles. The van der Waals surface area contributed by atoms with Gasteiger partial charge in [0.2, 0.25) is 5.91 Å². The summed E-state index contributed by atoms with van der Waals surface area (Å²) in [6.45, 7) is 4.16. The van der Waals surface area contributed by atoms with Crippen LogP contribution in [0, 0.1) is 24.7 Å². The third-order valence-electron chi connectivity index (χ3n) is 5.85. The maximum atomic E-state index is 12.6. The van der Waals surface area contributed by atoms with Crippen LogP contribution >= 0.6 is 0 Å². The van der Waals surface area contributed by atoms with Gasteiger partial charge < -0.3 is 14.6 Å². The molecule has 0 spiro atoms. The molecule has 1 saturated carbocycles. The molecule has 0 aromatic carbocycles. The Bertz CT molecular complexity index is 984. The summed E-state index contributed by atoms with van der Waals surface area (Å²) in [7, 11) is 2.12. The number of aromatic nitrogens is 3. The van der Waals surface area contributed by atoms with Crippen molar-refractivity contribution in [1.82, 2.24) is 19.3 Å². The molecule has 132 valence electrons. The predicted octanol–water partition coefficient (Wildman–Crippen LogP) is 2.45. The molecule has 2 aliphatic rings. The van der Waals surface area contributed by atoms with Crippen LogP contribution in [-0.2, 0) is 4.79 Å². The zero-order valence-corrected chi connectivity index (χ0v) is 14.9. The van der Waals surface area contributed by atoms with Crippen molar-refractivity contribution in [2.75, 3.05) is 25.5 Å². The molecule has 2 fully saturated rings. The normalized spacial score (nSPS) is 24.6. The number of anilines is 1. The summed E-state index contributed by atoms with van der Waals surface area (Å²) in [4.78, 5) is 23.4. The van der Waals surface area contributed by atoms with Gasteiger partial charge >= 0.3 is 0 Å². The molecule has 4 heterocycles. The molecule has 6 nitrogen and oxygen atoms in total. The molecule has 3 aromatic rings. The molecular formula is C20H21N5O. The fourth-order valence-electron chi connectivity index (χ4n) is 4.43. The van der Waals surface area contributed by atoms with E-state index in [-0.39, 0.29) is 11.8 Å². The standard InChI is InChI=1S/C20H21N5O/c1-12-14(13-3-5-21-6-4-13)10-25-11-22-18(7-17(12)25)23-20(26)19-15-8-24(2)9-16(15)19/h3-7,10-11,15-16,19H,8-9H2,1-2H3,(H,23,26)/t15-,16+,19?. The molecule has 3 atom stereocenters. The second-order valence-corrected chi connectivity index (χ2v) is 7.53. The van der Waals surface area contributed by atoms with Crippen molar-refractivity contribution in [1.29, 1.82) is 0 Å². The van der Waals surface area contributed by atoms with Crippen molar-refractivity contribution in [3.8, 4) is 11.1 Å². The summed E-state index contributed by atoms with van der Waals surface area (Å²) in [6.07, 6.45) is 7.43. The monoisotopic (exact) mass is 347 g/mol. The molecule has 6 heteroatoms. The van der Waals surface area contributed by atoms with E-state index in [1.54, 1.807) is 18.7 Å². The van der Waals surface area contributed by atoms with Crippen molar-refractivity contribution in [3.63, 3.8) is 0 Å². The number of aryl methyl sites for hydroxylation is 1. The van der Waals surface area contributed by atoms with Crippen LogP contribution in [0.15, 0.2) is 43.1 Å². The lowest BCUT2D eigenvalue weighted by molar-refractivity contribution is -0.118. The van der Waals surface area contributed by atoms with Gasteiger partial charge in [0.15, 0.2) is 0 Å². The Kier molecular flexibility index (Phi) is 3.37. The van der Waals surface area contributed by atoms with E-state index < -0.39 is 0 Å². The first-order valence-corrected chi connectivity index (χ1v) is 8.99. The second kappa shape index (κ2) is 5.64. The third kappa shape index (κ3) is 2.41. The highest BCUT2D eigenvalue weighted by molar-refractivity contribution is 5.95. The van der Waals surface area contributed by atoms with Gasteiger partial charge in [-0.3, -0.25) is 9.78 Å². The number of fused-ring (bicyclic) bond motifs is 2. The molecule has 1 saturated heterocycles. The second-order valence-electron chi connectivity index (χ2n) is 7.53. The highest BCUT2D eigenvalue weighted by Gasteiger charge is 2.58. The van der Waals surface area contributed by atoms with E-state index in [1.165, 1.54) is 5.56 Å². The number of amides is 1. The number of hydrogen-bond acceptors (Lipinski definition) is 4. The Morgan fingerprint density at radius 2 is 1.96 bits per heavy atom. The van der Waals surface area contributed by atoms with Gasteiger partial charge in [-0.15, -0.1) is 0 Å².